The minimum Gasteiger partial charge on any atom is -1.00 e. The highest BCUT2D eigenvalue weighted by Gasteiger charge is 2.30. The molecule has 0 saturated heterocycles. The summed E-state index contributed by atoms with van der Waals surface area (Å²) in [6.07, 6.45) is 0. The number of halogens is 2. The summed E-state index contributed by atoms with van der Waals surface area (Å²) in [6, 6.07) is 20.0. The molecule has 4 rings (SSSR count). The van der Waals surface area contributed by atoms with Crippen molar-refractivity contribution in [2.75, 3.05) is 0 Å². The number of hydrogen-bond acceptors (Lipinski definition) is 5. The number of carbonyl (C=O) groups is 1. The zero-order chi connectivity index (χ0) is 19.7. The molecule has 1 aromatic heterocycles. The minimum absolute atomic E-state index is 0. The van der Waals surface area contributed by atoms with Gasteiger partial charge in [0.2, 0.25) is 0 Å². The Morgan fingerprint density at radius 3 is 2.17 bits per heavy atom. The third-order valence-electron chi connectivity index (χ3n) is 4.08. The minimum atomic E-state index is -0.560. The molecule has 0 amide bonds. The predicted octanol–water partition coefficient (Wildman–Crippen LogP) is 0.0880. The maximum atomic E-state index is 13.1. The van der Waals surface area contributed by atoms with Crippen molar-refractivity contribution in [1.29, 1.82) is 0 Å². The number of carbonyl (C=O) groups excluding carboxylic acids is 1. The second kappa shape index (κ2) is 8.70. The lowest BCUT2D eigenvalue weighted by Gasteiger charge is -2.01. The van der Waals surface area contributed by atoms with Gasteiger partial charge in [0.1, 0.15) is 11.5 Å². The Kier molecular flexibility index (Phi) is 6.28. The van der Waals surface area contributed by atoms with Gasteiger partial charge in [0.05, 0.1) is 21.0 Å². The maximum Gasteiger partial charge on any atom is 0.343 e. The van der Waals surface area contributed by atoms with E-state index in [-0.39, 0.29) is 46.9 Å². The number of hydrogen-bond donors (Lipinski definition) is 2. The van der Waals surface area contributed by atoms with Crippen molar-refractivity contribution in [1.82, 2.24) is 15.0 Å². The van der Waals surface area contributed by atoms with E-state index in [2.05, 4.69) is 26.1 Å². The van der Waals surface area contributed by atoms with E-state index in [1.807, 2.05) is 12.1 Å². The van der Waals surface area contributed by atoms with E-state index in [1.165, 1.54) is 23.0 Å². The number of tetrazole rings is 1. The Morgan fingerprint density at radius 2 is 1.52 bits per heavy atom. The summed E-state index contributed by atoms with van der Waals surface area (Å²) in [5.74, 6) is -0.549. The summed E-state index contributed by atoms with van der Waals surface area (Å²) in [4.78, 5) is 15.4. The molecular weight excluding hydrogens is 551 g/mol. The summed E-state index contributed by atoms with van der Waals surface area (Å²) >= 11 is 3.38. The van der Waals surface area contributed by atoms with Crippen molar-refractivity contribution in [2.45, 2.75) is 0 Å². The normalized spacial score (nSPS) is 10.4. The lowest BCUT2D eigenvalue weighted by atomic mass is 10.2. The third kappa shape index (κ3) is 4.15. The van der Waals surface area contributed by atoms with Crippen LogP contribution in [0, 0.1) is 0 Å². The second-order valence-corrected chi connectivity index (χ2v) is 6.83. The zero-order valence-corrected chi connectivity index (χ0v) is 18.5. The number of benzene rings is 3. The Bertz CT molecular complexity index is 1180. The summed E-state index contributed by atoms with van der Waals surface area (Å²) < 4.78 is 0.871. The van der Waals surface area contributed by atoms with Gasteiger partial charge in [-0.3, -0.25) is 4.79 Å². The van der Waals surface area contributed by atoms with Gasteiger partial charge in [-0.1, -0.05) is 40.2 Å². The first-order valence-corrected chi connectivity index (χ1v) is 9.10. The lowest BCUT2D eigenvalue weighted by molar-refractivity contribution is -0.732. The molecule has 0 fully saturated rings. The van der Waals surface area contributed by atoms with Crippen molar-refractivity contribution in [2.24, 2.45) is 0 Å². The molecule has 0 aliphatic heterocycles. The molecule has 3 aromatic carbocycles. The van der Waals surface area contributed by atoms with Gasteiger partial charge in [0.25, 0.3) is 0 Å². The number of rotatable bonds is 3. The quantitative estimate of drug-likeness (QED) is 0.272. The first-order chi connectivity index (χ1) is 13.5. The Hall–Kier alpha value is -2.79. The van der Waals surface area contributed by atoms with Crippen molar-refractivity contribution < 1.29 is 43.8 Å². The first kappa shape index (κ1) is 20.9. The molecule has 0 bridgehead atoms. The molecule has 0 saturated carbocycles. The summed E-state index contributed by atoms with van der Waals surface area (Å²) in [6.45, 7) is 0. The molecule has 0 radical (unpaired) electrons. The molecule has 0 unspecified atom stereocenters. The van der Waals surface area contributed by atoms with Crippen LogP contribution in [0.5, 0.6) is 11.5 Å². The Morgan fingerprint density at radius 1 is 0.897 bits per heavy atom. The molecule has 2 N–H and O–H groups in total. The van der Waals surface area contributed by atoms with Gasteiger partial charge in [-0.15, -0.1) is 0 Å². The number of para-hydroxylation sites is 2. The highest BCUT2D eigenvalue weighted by Crippen LogP contribution is 2.25. The van der Waals surface area contributed by atoms with Crippen LogP contribution in [0.4, 0.5) is 0 Å². The highest BCUT2D eigenvalue weighted by atomic mass is 127. The van der Waals surface area contributed by atoms with Gasteiger partial charge >= 0.3 is 11.7 Å². The highest BCUT2D eigenvalue weighted by molar-refractivity contribution is 9.10. The molecule has 7 nitrogen and oxygen atoms in total. The molecule has 0 atom stereocenters. The fourth-order valence-corrected chi connectivity index (χ4v) is 2.95. The number of nitrogens with zero attached hydrogens (tertiary/aromatic N) is 4. The molecular formula is C20H14BrIN4O3. The fraction of sp³-hybridized carbons (Fsp3) is 0. The summed E-state index contributed by atoms with van der Waals surface area (Å²) in [5, 5.41) is 28.9. The second-order valence-electron chi connectivity index (χ2n) is 5.92. The molecule has 0 aliphatic rings. The van der Waals surface area contributed by atoms with E-state index in [9.17, 15) is 15.0 Å². The first-order valence-electron chi connectivity index (χ1n) is 8.31. The third-order valence-corrected chi connectivity index (χ3v) is 4.61. The van der Waals surface area contributed by atoms with Crippen molar-refractivity contribution in [3.63, 3.8) is 0 Å². The van der Waals surface area contributed by atoms with Crippen molar-refractivity contribution in [3.8, 4) is 28.6 Å². The number of aromatic hydroxyl groups is 2. The Labute approximate surface area is 191 Å². The van der Waals surface area contributed by atoms with Gasteiger partial charge < -0.3 is 34.2 Å². The summed E-state index contributed by atoms with van der Waals surface area (Å²) in [7, 11) is 0. The smallest absolute Gasteiger partial charge is 0.343 e. The van der Waals surface area contributed by atoms with E-state index in [1.54, 1.807) is 42.5 Å². The Balaban J connectivity index is 0.00000240. The van der Waals surface area contributed by atoms with Gasteiger partial charge in [0.15, 0.2) is 5.69 Å². The maximum absolute atomic E-state index is 13.1. The molecule has 4 aromatic rings. The van der Waals surface area contributed by atoms with Crippen LogP contribution < -0.4 is 28.8 Å². The van der Waals surface area contributed by atoms with Gasteiger partial charge in [-0.25, -0.2) is 0 Å². The van der Waals surface area contributed by atoms with Gasteiger partial charge in [-0.05, 0) is 58.4 Å². The fourth-order valence-electron chi connectivity index (χ4n) is 2.69. The van der Waals surface area contributed by atoms with Crippen LogP contribution in [-0.4, -0.2) is 31.1 Å². The molecule has 0 spiro atoms. The van der Waals surface area contributed by atoms with E-state index in [4.69, 9.17) is 0 Å². The molecule has 1 heterocycles. The standard InChI is InChI=1S/C20H13BrN4O3.HI/c21-13-9-11-14(12-10-13)24-22-19(15-5-1-3-7-17(15)26)23-25(24)20(28)16-6-2-4-8-18(16)27;/h1-12H,(H-,22,23,26,27,28);1H. The van der Waals surface area contributed by atoms with Crippen LogP contribution in [0.3, 0.4) is 0 Å². The van der Waals surface area contributed by atoms with Crippen LogP contribution in [0.15, 0.2) is 77.3 Å². The van der Waals surface area contributed by atoms with Crippen LogP contribution in [-0.2, 0) is 0 Å². The van der Waals surface area contributed by atoms with Gasteiger partial charge in [-0.2, -0.15) is 0 Å². The van der Waals surface area contributed by atoms with E-state index in [0.29, 0.717) is 11.3 Å². The average Bonchev–Trinajstić information content (AvgIpc) is 3.14. The number of phenols is 2. The van der Waals surface area contributed by atoms with Gasteiger partial charge in [0, 0.05) is 4.47 Å². The van der Waals surface area contributed by atoms with Crippen molar-refractivity contribution in [3.05, 3.63) is 82.8 Å². The van der Waals surface area contributed by atoms with Crippen molar-refractivity contribution >= 4 is 21.8 Å². The zero-order valence-electron chi connectivity index (χ0n) is 14.8. The van der Waals surface area contributed by atoms with Crippen LogP contribution in [0.1, 0.15) is 10.4 Å². The number of phenolic OH excluding ortho intramolecular Hbond substituents is 2. The molecule has 146 valence electrons. The monoisotopic (exact) mass is 564 g/mol. The van der Waals surface area contributed by atoms with Crippen LogP contribution >= 0.6 is 15.9 Å². The SMILES string of the molecule is O=C(c1ccccc1O)n1nc(-c2ccccc2O)n[n+]1-c1ccc(Br)cc1.[I-]. The van der Waals surface area contributed by atoms with Crippen LogP contribution in [0.25, 0.3) is 17.1 Å². The summed E-state index contributed by atoms with van der Waals surface area (Å²) in [5.41, 5.74) is 1.06. The molecule has 29 heavy (non-hydrogen) atoms. The average molecular weight is 565 g/mol. The van der Waals surface area contributed by atoms with E-state index < -0.39 is 5.91 Å². The van der Waals surface area contributed by atoms with Crippen LogP contribution in [0.2, 0.25) is 0 Å². The van der Waals surface area contributed by atoms with E-state index in [0.717, 1.165) is 9.27 Å². The largest absolute Gasteiger partial charge is 1.00 e. The number of aromatic nitrogens is 4. The molecule has 9 heteroatoms. The predicted molar refractivity (Wildman–Crippen MR) is 104 cm³/mol. The topological polar surface area (TPSA) is 92.1 Å². The lowest BCUT2D eigenvalue weighted by Crippen LogP contribution is -3.00. The van der Waals surface area contributed by atoms with E-state index >= 15 is 0 Å². The molecule has 0 aliphatic carbocycles.